The van der Waals surface area contributed by atoms with Gasteiger partial charge in [-0.15, -0.1) is 11.8 Å². The Balaban J connectivity index is 2.04. The molecule has 1 N–H and O–H groups in total. The summed E-state index contributed by atoms with van der Waals surface area (Å²) in [4.78, 5) is 9.31. The van der Waals surface area contributed by atoms with Crippen LogP contribution in [0.1, 0.15) is 17.1 Å². The maximum absolute atomic E-state index is 13.0. The second kappa shape index (κ2) is 5.93. The first-order chi connectivity index (χ1) is 8.69. The maximum Gasteiger partial charge on any atom is 0.138 e. The van der Waals surface area contributed by atoms with Crippen LogP contribution in [0.15, 0.2) is 35.4 Å². The standard InChI is InChI=1S/C13H13FN2OS/c1-9-10(7-17)6-15-13(16-9)8-18-12-4-2-3-11(14)5-12/h2-6,17H,7-8H2,1H3. The van der Waals surface area contributed by atoms with E-state index in [0.29, 0.717) is 11.6 Å². The molecular formula is C13H13FN2OS. The molecule has 0 saturated heterocycles. The van der Waals surface area contributed by atoms with Crippen molar-refractivity contribution in [1.82, 2.24) is 9.97 Å². The van der Waals surface area contributed by atoms with Gasteiger partial charge in [0.25, 0.3) is 0 Å². The van der Waals surface area contributed by atoms with Crippen molar-refractivity contribution in [2.24, 2.45) is 0 Å². The third-order valence-electron chi connectivity index (χ3n) is 2.47. The zero-order valence-electron chi connectivity index (χ0n) is 9.93. The van der Waals surface area contributed by atoms with Gasteiger partial charge in [0, 0.05) is 22.3 Å². The van der Waals surface area contributed by atoms with Crippen LogP contribution < -0.4 is 0 Å². The third-order valence-corrected chi connectivity index (χ3v) is 3.46. The number of halogens is 1. The zero-order chi connectivity index (χ0) is 13.0. The van der Waals surface area contributed by atoms with E-state index in [9.17, 15) is 4.39 Å². The summed E-state index contributed by atoms with van der Waals surface area (Å²) in [6.07, 6.45) is 1.63. The minimum atomic E-state index is -0.243. The number of aliphatic hydroxyl groups is 1. The molecule has 0 aliphatic carbocycles. The third kappa shape index (κ3) is 3.27. The number of nitrogens with zero attached hydrogens (tertiary/aromatic N) is 2. The van der Waals surface area contributed by atoms with E-state index in [1.165, 1.54) is 23.9 Å². The first kappa shape index (κ1) is 13.0. The molecule has 0 aliphatic rings. The summed E-state index contributed by atoms with van der Waals surface area (Å²) in [5.74, 6) is 1.02. The van der Waals surface area contributed by atoms with E-state index in [1.807, 2.05) is 13.0 Å². The lowest BCUT2D eigenvalue weighted by molar-refractivity contribution is 0.280. The van der Waals surface area contributed by atoms with Crippen LogP contribution >= 0.6 is 11.8 Å². The number of rotatable bonds is 4. The number of benzene rings is 1. The number of aryl methyl sites for hydroxylation is 1. The molecule has 1 aromatic heterocycles. The Bertz CT molecular complexity index is 548. The molecule has 94 valence electrons. The first-order valence-electron chi connectivity index (χ1n) is 5.49. The monoisotopic (exact) mass is 264 g/mol. The topological polar surface area (TPSA) is 46.0 Å². The van der Waals surface area contributed by atoms with Crippen LogP contribution in [-0.2, 0) is 12.4 Å². The van der Waals surface area contributed by atoms with Gasteiger partial charge in [0.05, 0.1) is 12.4 Å². The maximum atomic E-state index is 13.0. The summed E-state index contributed by atoms with van der Waals surface area (Å²) in [6.45, 7) is 1.78. The molecule has 5 heteroatoms. The van der Waals surface area contributed by atoms with E-state index in [1.54, 1.807) is 12.3 Å². The van der Waals surface area contributed by atoms with Crippen molar-refractivity contribution in [3.63, 3.8) is 0 Å². The number of thioether (sulfide) groups is 1. The highest BCUT2D eigenvalue weighted by molar-refractivity contribution is 7.98. The molecule has 0 amide bonds. The molecule has 2 aromatic rings. The highest BCUT2D eigenvalue weighted by Crippen LogP contribution is 2.22. The molecule has 0 bridgehead atoms. The van der Waals surface area contributed by atoms with E-state index in [2.05, 4.69) is 9.97 Å². The predicted molar refractivity (Wildman–Crippen MR) is 68.7 cm³/mol. The normalized spacial score (nSPS) is 10.6. The average molecular weight is 264 g/mol. The van der Waals surface area contributed by atoms with Gasteiger partial charge >= 0.3 is 0 Å². The largest absolute Gasteiger partial charge is 0.392 e. The number of hydrogen-bond donors (Lipinski definition) is 1. The molecule has 1 heterocycles. The van der Waals surface area contributed by atoms with E-state index in [0.717, 1.165) is 16.2 Å². The summed E-state index contributed by atoms with van der Waals surface area (Å²) in [5, 5.41) is 9.02. The molecule has 2 rings (SSSR count). The fourth-order valence-electron chi connectivity index (χ4n) is 1.47. The quantitative estimate of drug-likeness (QED) is 0.862. The van der Waals surface area contributed by atoms with Crippen molar-refractivity contribution in [3.8, 4) is 0 Å². The van der Waals surface area contributed by atoms with Crippen LogP contribution in [0, 0.1) is 12.7 Å². The minimum Gasteiger partial charge on any atom is -0.392 e. The molecular weight excluding hydrogens is 251 g/mol. The van der Waals surface area contributed by atoms with Gasteiger partial charge in [-0.25, -0.2) is 14.4 Å². The molecule has 0 atom stereocenters. The van der Waals surface area contributed by atoms with Gasteiger partial charge in [-0.3, -0.25) is 0 Å². The highest BCUT2D eigenvalue weighted by Gasteiger charge is 2.04. The lowest BCUT2D eigenvalue weighted by Gasteiger charge is -2.04. The van der Waals surface area contributed by atoms with Crippen molar-refractivity contribution in [1.29, 1.82) is 0 Å². The second-order valence-corrected chi connectivity index (χ2v) is 4.85. The summed E-state index contributed by atoms with van der Waals surface area (Å²) < 4.78 is 13.0. The van der Waals surface area contributed by atoms with E-state index in [-0.39, 0.29) is 12.4 Å². The lowest BCUT2D eigenvalue weighted by atomic mass is 10.2. The summed E-state index contributed by atoms with van der Waals surface area (Å²) >= 11 is 1.48. The van der Waals surface area contributed by atoms with Gasteiger partial charge in [0.2, 0.25) is 0 Å². The van der Waals surface area contributed by atoms with Crippen LogP contribution in [-0.4, -0.2) is 15.1 Å². The molecule has 0 spiro atoms. The Morgan fingerprint density at radius 2 is 2.22 bits per heavy atom. The van der Waals surface area contributed by atoms with Crippen LogP contribution in [0.3, 0.4) is 0 Å². The van der Waals surface area contributed by atoms with E-state index in [4.69, 9.17) is 5.11 Å². The van der Waals surface area contributed by atoms with Crippen LogP contribution in [0.25, 0.3) is 0 Å². The van der Waals surface area contributed by atoms with Crippen molar-refractivity contribution in [2.45, 2.75) is 24.2 Å². The number of hydrogen-bond acceptors (Lipinski definition) is 4. The Labute approximate surface area is 109 Å². The fourth-order valence-corrected chi connectivity index (χ4v) is 2.28. The van der Waals surface area contributed by atoms with Gasteiger partial charge < -0.3 is 5.11 Å². The van der Waals surface area contributed by atoms with Crippen LogP contribution in [0.5, 0.6) is 0 Å². The zero-order valence-corrected chi connectivity index (χ0v) is 10.7. The SMILES string of the molecule is Cc1nc(CSc2cccc(F)c2)ncc1CO. The first-order valence-corrected chi connectivity index (χ1v) is 6.48. The molecule has 0 fully saturated rings. The van der Waals surface area contributed by atoms with Crippen molar-refractivity contribution < 1.29 is 9.50 Å². The van der Waals surface area contributed by atoms with Crippen LogP contribution in [0.4, 0.5) is 4.39 Å². The number of aromatic nitrogens is 2. The lowest BCUT2D eigenvalue weighted by Crippen LogP contribution is -1.99. The highest BCUT2D eigenvalue weighted by atomic mass is 32.2. The summed E-state index contributed by atoms with van der Waals surface area (Å²) in [5.41, 5.74) is 1.51. The van der Waals surface area contributed by atoms with Crippen LogP contribution in [0.2, 0.25) is 0 Å². The van der Waals surface area contributed by atoms with Gasteiger partial charge in [-0.05, 0) is 25.1 Å². The Morgan fingerprint density at radius 1 is 1.39 bits per heavy atom. The van der Waals surface area contributed by atoms with Gasteiger partial charge in [0.1, 0.15) is 11.6 Å². The summed E-state index contributed by atoms with van der Waals surface area (Å²) in [7, 11) is 0. The van der Waals surface area contributed by atoms with Gasteiger partial charge in [-0.2, -0.15) is 0 Å². The minimum absolute atomic E-state index is 0.0524. The van der Waals surface area contributed by atoms with E-state index < -0.39 is 0 Å². The average Bonchev–Trinajstić information content (AvgIpc) is 2.37. The molecule has 1 aromatic carbocycles. The molecule has 0 aliphatic heterocycles. The second-order valence-electron chi connectivity index (χ2n) is 3.80. The van der Waals surface area contributed by atoms with Gasteiger partial charge in [-0.1, -0.05) is 6.07 Å². The van der Waals surface area contributed by atoms with Gasteiger partial charge in [0.15, 0.2) is 0 Å². The van der Waals surface area contributed by atoms with Crippen molar-refractivity contribution >= 4 is 11.8 Å². The molecule has 0 saturated carbocycles. The van der Waals surface area contributed by atoms with E-state index >= 15 is 0 Å². The molecule has 18 heavy (non-hydrogen) atoms. The molecule has 0 radical (unpaired) electrons. The Hall–Kier alpha value is -1.46. The molecule has 0 unspecified atom stereocenters. The summed E-state index contributed by atoms with van der Waals surface area (Å²) in [6, 6.07) is 6.43. The van der Waals surface area contributed by atoms with Crippen molar-refractivity contribution in [2.75, 3.05) is 0 Å². The number of aliphatic hydroxyl groups excluding tert-OH is 1. The Morgan fingerprint density at radius 3 is 2.89 bits per heavy atom. The fraction of sp³-hybridized carbons (Fsp3) is 0.231. The van der Waals surface area contributed by atoms with Crippen molar-refractivity contribution in [3.05, 3.63) is 53.4 Å². The predicted octanol–water partition coefficient (Wildman–Crippen LogP) is 2.71. The Kier molecular flexibility index (Phi) is 4.28. The smallest absolute Gasteiger partial charge is 0.138 e. The molecule has 3 nitrogen and oxygen atoms in total.